The van der Waals surface area contributed by atoms with Crippen LogP contribution < -0.4 is 5.32 Å². The van der Waals surface area contributed by atoms with Crippen LogP contribution in [0.15, 0.2) is 12.3 Å². The van der Waals surface area contributed by atoms with Gasteiger partial charge in [0, 0.05) is 17.8 Å². The Labute approximate surface area is 116 Å². The minimum absolute atomic E-state index is 0. The lowest BCUT2D eigenvalue weighted by Gasteiger charge is -2.28. The first-order valence-electron chi connectivity index (χ1n) is 5.84. The van der Waals surface area contributed by atoms with Crippen LogP contribution in [0.25, 0.3) is 0 Å². The molecular formula is C12H23Cl2N3. The number of rotatable bonds is 1. The first-order chi connectivity index (χ1) is 7.09. The molecule has 1 aliphatic rings. The van der Waals surface area contributed by atoms with E-state index in [1.165, 1.54) is 18.5 Å². The number of piperidine rings is 1. The van der Waals surface area contributed by atoms with Crippen molar-refractivity contribution in [2.45, 2.75) is 45.1 Å². The first kappa shape index (κ1) is 16.8. The number of hydrogen-bond acceptors (Lipinski definition) is 2. The molecule has 2 heterocycles. The van der Waals surface area contributed by atoms with Gasteiger partial charge in [-0.2, -0.15) is 5.10 Å². The molecule has 1 N–H and O–H groups in total. The van der Waals surface area contributed by atoms with E-state index in [1.807, 2.05) is 6.20 Å². The predicted octanol–water partition coefficient (Wildman–Crippen LogP) is 2.95. The van der Waals surface area contributed by atoms with Gasteiger partial charge in [0.25, 0.3) is 0 Å². The second kappa shape index (κ2) is 6.62. The van der Waals surface area contributed by atoms with Gasteiger partial charge in [0.1, 0.15) is 0 Å². The Kier molecular flexibility index (Phi) is 6.52. The SMILES string of the molecule is CC(C)(C)n1nccc1C1CCNCC1.Cl.Cl. The number of aromatic nitrogens is 2. The quantitative estimate of drug-likeness (QED) is 0.857. The van der Waals surface area contributed by atoms with Crippen LogP contribution in [-0.4, -0.2) is 22.9 Å². The number of halogens is 2. The Morgan fingerprint density at radius 3 is 2.35 bits per heavy atom. The molecule has 1 fully saturated rings. The van der Waals surface area contributed by atoms with E-state index in [4.69, 9.17) is 0 Å². The molecule has 1 saturated heterocycles. The Balaban J connectivity index is 0.00000128. The van der Waals surface area contributed by atoms with Crippen molar-refractivity contribution in [1.82, 2.24) is 15.1 Å². The normalized spacial score (nSPS) is 17.1. The highest BCUT2D eigenvalue weighted by Gasteiger charge is 2.23. The average Bonchev–Trinajstić information content (AvgIpc) is 2.67. The lowest BCUT2D eigenvalue weighted by molar-refractivity contribution is 0.322. The average molecular weight is 280 g/mol. The highest BCUT2D eigenvalue weighted by atomic mass is 35.5. The van der Waals surface area contributed by atoms with Gasteiger partial charge in [-0.05, 0) is 52.8 Å². The molecule has 0 amide bonds. The number of nitrogens with zero attached hydrogens (tertiary/aromatic N) is 2. The molecule has 1 aliphatic heterocycles. The van der Waals surface area contributed by atoms with E-state index in [2.05, 4.69) is 41.9 Å². The summed E-state index contributed by atoms with van der Waals surface area (Å²) in [5.41, 5.74) is 1.51. The number of hydrogen-bond donors (Lipinski definition) is 1. The predicted molar refractivity (Wildman–Crippen MR) is 76.6 cm³/mol. The monoisotopic (exact) mass is 279 g/mol. The van der Waals surface area contributed by atoms with Crippen molar-refractivity contribution in [2.24, 2.45) is 0 Å². The standard InChI is InChI=1S/C12H21N3.2ClH/c1-12(2,3)15-11(6-9-14-15)10-4-7-13-8-5-10;;/h6,9-10,13H,4-5,7-8H2,1-3H3;2*1H. The Bertz CT molecular complexity index is 325. The van der Waals surface area contributed by atoms with Crippen LogP contribution in [0.4, 0.5) is 0 Å². The molecule has 0 bridgehead atoms. The zero-order valence-electron chi connectivity index (χ0n) is 10.8. The zero-order chi connectivity index (χ0) is 10.9. The molecule has 5 heteroatoms. The lowest BCUT2D eigenvalue weighted by Crippen LogP contribution is -2.31. The summed E-state index contributed by atoms with van der Waals surface area (Å²) < 4.78 is 2.18. The Hall–Kier alpha value is -0.250. The largest absolute Gasteiger partial charge is 0.317 e. The summed E-state index contributed by atoms with van der Waals surface area (Å²) in [6.07, 6.45) is 4.41. The summed E-state index contributed by atoms with van der Waals surface area (Å²) >= 11 is 0. The van der Waals surface area contributed by atoms with Crippen molar-refractivity contribution < 1.29 is 0 Å². The second-order valence-corrected chi connectivity index (χ2v) is 5.36. The van der Waals surface area contributed by atoms with E-state index in [1.54, 1.807) is 0 Å². The molecule has 3 nitrogen and oxygen atoms in total. The van der Waals surface area contributed by atoms with Crippen LogP contribution in [0, 0.1) is 0 Å². The molecule has 0 unspecified atom stereocenters. The fourth-order valence-electron chi connectivity index (χ4n) is 2.30. The topological polar surface area (TPSA) is 29.9 Å². The number of nitrogens with one attached hydrogen (secondary N) is 1. The van der Waals surface area contributed by atoms with Crippen molar-refractivity contribution in [3.05, 3.63) is 18.0 Å². The van der Waals surface area contributed by atoms with Gasteiger partial charge < -0.3 is 5.32 Å². The third-order valence-electron chi connectivity index (χ3n) is 3.06. The van der Waals surface area contributed by atoms with E-state index in [9.17, 15) is 0 Å². The van der Waals surface area contributed by atoms with Gasteiger partial charge >= 0.3 is 0 Å². The second-order valence-electron chi connectivity index (χ2n) is 5.36. The van der Waals surface area contributed by atoms with Gasteiger partial charge in [-0.15, -0.1) is 24.8 Å². The van der Waals surface area contributed by atoms with E-state index in [0.29, 0.717) is 5.92 Å². The van der Waals surface area contributed by atoms with Gasteiger partial charge in [0.2, 0.25) is 0 Å². The van der Waals surface area contributed by atoms with Crippen molar-refractivity contribution in [2.75, 3.05) is 13.1 Å². The van der Waals surface area contributed by atoms with Crippen molar-refractivity contribution in [3.63, 3.8) is 0 Å². The minimum Gasteiger partial charge on any atom is -0.317 e. The molecule has 0 aliphatic carbocycles. The molecule has 1 aromatic heterocycles. The van der Waals surface area contributed by atoms with E-state index in [-0.39, 0.29) is 30.4 Å². The van der Waals surface area contributed by atoms with Crippen LogP contribution in [0.3, 0.4) is 0 Å². The third kappa shape index (κ3) is 3.87. The molecule has 0 spiro atoms. The van der Waals surface area contributed by atoms with Crippen molar-refractivity contribution in [1.29, 1.82) is 0 Å². The summed E-state index contributed by atoms with van der Waals surface area (Å²) in [6.45, 7) is 8.92. The van der Waals surface area contributed by atoms with E-state index in [0.717, 1.165) is 13.1 Å². The van der Waals surface area contributed by atoms with Crippen LogP contribution in [0.5, 0.6) is 0 Å². The highest BCUT2D eigenvalue weighted by Crippen LogP contribution is 2.28. The first-order valence-corrected chi connectivity index (χ1v) is 5.84. The molecule has 0 atom stereocenters. The van der Waals surface area contributed by atoms with Gasteiger partial charge in [0.15, 0.2) is 0 Å². The molecule has 0 aromatic carbocycles. The molecule has 1 aromatic rings. The maximum atomic E-state index is 4.46. The molecule has 0 saturated carbocycles. The fourth-order valence-corrected chi connectivity index (χ4v) is 2.30. The Morgan fingerprint density at radius 1 is 1.24 bits per heavy atom. The summed E-state index contributed by atoms with van der Waals surface area (Å²) in [4.78, 5) is 0. The summed E-state index contributed by atoms with van der Waals surface area (Å²) in [7, 11) is 0. The maximum absolute atomic E-state index is 4.46. The highest BCUT2D eigenvalue weighted by molar-refractivity contribution is 5.85. The van der Waals surface area contributed by atoms with Gasteiger partial charge in [-0.25, -0.2) is 0 Å². The summed E-state index contributed by atoms with van der Waals surface area (Å²) in [5, 5.41) is 7.86. The lowest BCUT2D eigenvalue weighted by atomic mass is 9.93. The fraction of sp³-hybridized carbons (Fsp3) is 0.750. The smallest absolute Gasteiger partial charge is 0.0546 e. The van der Waals surface area contributed by atoms with Crippen LogP contribution in [0.1, 0.15) is 45.2 Å². The van der Waals surface area contributed by atoms with Gasteiger partial charge in [-0.1, -0.05) is 0 Å². The molecular weight excluding hydrogens is 257 g/mol. The van der Waals surface area contributed by atoms with Crippen LogP contribution in [-0.2, 0) is 5.54 Å². The maximum Gasteiger partial charge on any atom is 0.0546 e. The van der Waals surface area contributed by atoms with E-state index < -0.39 is 0 Å². The molecule has 2 rings (SSSR count). The van der Waals surface area contributed by atoms with Crippen LogP contribution in [0.2, 0.25) is 0 Å². The third-order valence-corrected chi connectivity index (χ3v) is 3.06. The summed E-state index contributed by atoms with van der Waals surface area (Å²) in [6, 6.07) is 2.18. The van der Waals surface area contributed by atoms with Gasteiger partial charge in [0.05, 0.1) is 5.54 Å². The van der Waals surface area contributed by atoms with Crippen molar-refractivity contribution >= 4 is 24.8 Å². The van der Waals surface area contributed by atoms with E-state index >= 15 is 0 Å². The molecule has 0 radical (unpaired) electrons. The van der Waals surface area contributed by atoms with Crippen LogP contribution >= 0.6 is 24.8 Å². The van der Waals surface area contributed by atoms with Gasteiger partial charge in [-0.3, -0.25) is 4.68 Å². The molecule has 100 valence electrons. The van der Waals surface area contributed by atoms with Crippen molar-refractivity contribution in [3.8, 4) is 0 Å². The minimum atomic E-state index is 0. The Morgan fingerprint density at radius 2 is 1.82 bits per heavy atom. The molecule has 17 heavy (non-hydrogen) atoms. The zero-order valence-corrected chi connectivity index (χ0v) is 12.4. The summed E-state index contributed by atoms with van der Waals surface area (Å²) in [5.74, 6) is 0.688.